The van der Waals surface area contributed by atoms with E-state index >= 15 is 0 Å². The highest BCUT2D eigenvalue weighted by atomic mass is 79.9. The van der Waals surface area contributed by atoms with Gasteiger partial charge in [0.15, 0.2) is 5.75 Å². The molecule has 2 rings (SSSR count). The molecule has 6 heteroatoms. The van der Waals surface area contributed by atoms with Crippen LogP contribution in [0.25, 0.3) is 0 Å². The molecular formula is C13H15BrFN3O. The van der Waals surface area contributed by atoms with Crippen molar-refractivity contribution in [3.05, 3.63) is 45.9 Å². The lowest BCUT2D eigenvalue weighted by molar-refractivity contribution is 0.404. The molecule has 1 atom stereocenters. The molecule has 1 unspecified atom stereocenters. The normalized spacial score (nSPS) is 12.5. The van der Waals surface area contributed by atoms with Crippen LogP contribution in [0.4, 0.5) is 4.39 Å². The molecule has 1 aromatic carbocycles. The van der Waals surface area contributed by atoms with Gasteiger partial charge < -0.3 is 10.5 Å². The van der Waals surface area contributed by atoms with Crippen LogP contribution in [0.3, 0.4) is 0 Å². The maximum Gasteiger partial charge on any atom is 0.161 e. The number of nitrogens with two attached hydrogens (primary N) is 1. The first-order valence-corrected chi connectivity index (χ1v) is 6.68. The second-order valence-electron chi connectivity index (χ2n) is 4.03. The predicted molar refractivity (Wildman–Crippen MR) is 74.6 cm³/mol. The fourth-order valence-corrected chi connectivity index (χ4v) is 2.52. The minimum atomic E-state index is -0.512. The number of aromatic nitrogens is 2. The summed E-state index contributed by atoms with van der Waals surface area (Å²) in [7, 11) is 1.56. The van der Waals surface area contributed by atoms with Gasteiger partial charge in [0.05, 0.1) is 23.8 Å². The average molecular weight is 328 g/mol. The van der Waals surface area contributed by atoms with Gasteiger partial charge in [0, 0.05) is 6.54 Å². The lowest BCUT2D eigenvalue weighted by atomic mass is 10.0. The topological polar surface area (TPSA) is 53.1 Å². The first kappa shape index (κ1) is 14.0. The van der Waals surface area contributed by atoms with Crippen LogP contribution in [-0.2, 0) is 6.54 Å². The Morgan fingerprint density at radius 1 is 1.53 bits per heavy atom. The van der Waals surface area contributed by atoms with E-state index in [1.54, 1.807) is 30.1 Å². The number of ether oxygens (including phenoxy) is 1. The number of rotatable bonds is 4. The van der Waals surface area contributed by atoms with Crippen LogP contribution in [0.5, 0.6) is 5.75 Å². The third-order valence-corrected chi connectivity index (χ3v) is 3.81. The largest absolute Gasteiger partial charge is 0.493 e. The fraction of sp³-hybridized carbons (Fsp3) is 0.308. The van der Waals surface area contributed by atoms with Crippen molar-refractivity contribution in [1.82, 2.24) is 9.78 Å². The van der Waals surface area contributed by atoms with E-state index in [-0.39, 0.29) is 5.82 Å². The van der Waals surface area contributed by atoms with Gasteiger partial charge in [-0.05, 0) is 34.5 Å². The van der Waals surface area contributed by atoms with Gasteiger partial charge in [-0.15, -0.1) is 0 Å². The zero-order valence-electron chi connectivity index (χ0n) is 10.7. The zero-order chi connectivity index (χ0) is 14.0. The molecule has 0 saturated heterocycles. The van der Waals surface area contributed by atoms with Crippen molar-refractivity contribution in [1.29, 1.82) is 0 Å². The van der Waals surface area contributed by atoms with Crippen LogP contribution in [0.2, 0.25) is 0 Å². The molecule has 0 radical (unpaired) electrons. The molecule has 0 saturated carbocycles. The molecule has 0 amide bonds. The van der Waals surface area contributed by atoms with Gasteiger partial charge in [0.25, 0.3) is 0 Å². The van der Waals surface area contributed by atoms with Crippen molar-refractivity contribution < 1.29 is 9.13 Å². The summed E-state index contributed by atoms with van der Waals surface area (Å²) in [5.74, 6) is 0.264. The van der Waals surface area contributed by atoms with E-state index in [1.807, 2.05) is 6.92 Å². The van der Waals surface area contributed by atoms with Gasteiger partial charge in [0.1, 0.15) is 11.5 Å². The molecule has 0 aliphatic carbocycles. The third-order valence-electron chi connectivity index (χ3n) is 2.98. The Kier molecular flexibility index (Phi) is 4.21. The Morgan fingerprint density at radius 3 is 2.89 bits per heavy atom. The van der Waals surface area contributed by atoms with Crippen molar-refractivity contribution in [3.63, 3.8) is 0 Å². The smallest absolute Gasteiger partial charge is 0.161 e. The zero-order valence-corrected chi connectivity index (χ0v) is 12.3. The number of halogens is 2. The van der Waals surface area contributed by atoms with Gasteiger partial charge in [-0.25, -0.2) is 4.39 Å². The molecule has 19 heavy (non-hydrogen) atoms. The SMILES string of the molecule is CCn1ncc(OC)c1C(N)c1cccc(F)c1Br. The van der Waals surface area contributed by atoms with Crippen LogP contribution < -0.4 is 10.5 Å². The lowest BCUT2D eigenvalue weighted by Crippen LogP contribution is -2.18. The van der Waals surface area contributed by atoms with Gasteiger partial charge in [-0.1, -0.05) is 12.1 Å². The number of benzene rings is 1. The van der Waals surface area contributed by atoms with Gasteiger partial charge in [-0.2, -0.15) is 5.10 Å². The summed E-state index contributed by atoms with van der Waals surface area (Å²) in [6.07, 6.45) is 1.62. The van der Waals surface area contributed by atoms with Crippen molar-refractivity contribution in [2.45, 2.75) is 19.5 Å². The van der Waals surface area contributed by atoms with E-state index < -0.39 is 6.04 Å². The predicted octanol–water partition coefficient (Wildman–Crippen LogP) is 2.86. The molecule has 4 nitrogen and oxygen atoms in total. The first-order valence-electron chi connectivity index (χ1n) is 5.89. The number of hydrogen-bond donors (Lipinski definition) is 1. The average Bonchev–Trinajstić information content (AvgIpc) is 2.84. The molecule has 0 aliphatic heterocycles. The molecule has 102 valence electrons. The molecule has 0 aliphatic rings. The molecule has 1 aromatic heterocycles. The summed E-state index contributed by atoms with van der Waals surface area (Å²) in [6.45, 7) is 2.63. The second kappa shape index (κ2) is 5.71. The first-order chi connectivity index (χ1) is 9.10. The fourth-order valence-electron chi connectivity index (χ4n) is 2.01. The van der Waals surface area contributed by atoms with Crippen LogP contribution in [0.1, 0.15) is 24.2 Å². The molecule has 0 bridgehead atoms. The number of aryl methyl sites for hydroxylation is 1. The van der Waals surface area contributed by atoms with Crippen LogP contribution in [0, 0.1) is 5.82 Å². The van der Waals surface area contributed by atoms with Crippen molar-refractivity contribution in [2.75, 3.05) is 7.11 Å². The highest BCUT2D eigenvalue weighted by Crippen LogP contribution is 2.33. The number of nitrogens with zero attached hydrogens (tertiary/aromatic N) is 2. The third kappa shape index (κ3) is 2.50. The summed E-state index contributed by atoms with van der Waals surface area (Å²) in [5.41, 5.74) is 7.64. The van der Waals surface area contributed by atoms with Gasteiger partial charge in [0.2, 0.25) is 0 Å². The molecule has 2 aromatic rings. The second-order valence-corrected chi connectivity index (χ2v) is 4.83. The Labute approximate surface area is 119 Å². The maximum absolute atomic E-state index is 13.6. The van der Waals surface area contributed by atoms with Crippen LogP contribution in [0.15, 0.2) is 28.9 Å². The van der Waals surface area contributed by atoms with E-state index in [1.165, 1.54) is 6.07 Å². The summed E-state index contributed by atoms with van der Waals surface area (Å²) in [4.78, 5) is 0. The Hall–Kier alpha value is -1.40. The van der Waals surface area contributed by atoms with E-state index in [4.69, 9.17) is 10.5 Å². The van der Waals surface area contributed by atoms with Crippen molar-refractivity contribution in [3.8, 4) is 5.75 Å². The van der Waals surface area contributed by atoms with E-state index in [0.29, 0.717) is 22.3 Å². The molecular weight excluding hydrogens is 313 g/mol. The van der Waals surface area contributed by atoms with E-state index in [0.717, 1.165) is 5.69 Å². The monoisotopic (exact) mass is 327 g/mol. The Bertz CT molecular complexity index is 564. The van der Waals surface area contributed by atoms with E-state index in [2.05, 4.69) is 21.0 Å². The van der Waals surface area contributed by atoms with Gasteiger partial charge >= 0.3 is 0 Å². The Morgan fingerprint density at radius 2 is 2.26 bits per heavy atom. The number of hydrogen-bond acceptors (Lipinski definition) is 3. The Balaban J connectivity index is 2.52. The molecule has 1 heterocycles. The quantitative estimate of drug-likeness (QED) is 0.939. The lowest BCUT2D eigenvalue weighted by Gasteiger charge is -2.17. The molecule has 0 fully saturated rings. The van der Waals surface area contributed by atoms with Crippen molar-refractivity contribution in [2.24, 2.45) is 5.73 Å². The van der Waals surface area contributed by atoms with Crippen molar-refractivity contribution >= 4 is 15.9 Å². The summed E-state index contributed by atoms with van der Waals surface area (Å²) >= 11 is 3.23. The minimum Gasteiger partial charge on any atom is -0.493 e. The van der Waals surface area contributed by atoms with Crippen LogP contribution >= 0.6 is 15.9 Å². The molecule has 2 N–H and O–H groups in total. The highest BCUT2D eigenvalue weighted by molar-refractivity contribution is 9.10. The standard InChI is InChI=1S/C13H15BrFN3O/c1-3-18-13(10(19-2)7-17-18)12(16)8-5-4-6-9(15)11(8)14/h4-7,12H,3,16H2,1-2H3. The van der Waals surface area contributed by atoms with Gasteiger partial charge in [-0.3, -0.25) is 4.68 Å². The minimum absolute atomic E-state index is 0.338. The number of methoxy groups -OCH3 is 1. The highest BCUT2D eigenvalue weighted by Gasteiger charge is 2.22. The summed E-state index contributed by atoms with van der Waals surface area (Å²) < 4.78 is 21.0. The summed E-state index contributed by atoms with van der Waals surface area (Å²) in [5, 5.41) is 4.21. The van der Waals surface area contributed by atoms with E-state index in [9.17, 15) is 4.39 Å². The summed E-state index contributed by atoms with van der Waals surface area (Å²) in [6, 6.07) is 4.29. The van der Waals surface area contributed by atoms with Crippen LogP contribution in [-0.4, -0.2) is 16.9 Å². The maximum atomic E-state index is 13.6. The molecule has 0 spiro atoms.